The fourth-order valence-corrected chi connectivity index (χ4v) is 4.07. The van der Waals surface area contributed by atoms with Crippen LogP contribution in [0.2, 0.25) is 10.0 Å². The molecule has 1 N–H and O–H groups in total. The summed E-state index contributed by atoms with van der Waals surface area (Å²) in [6.45, 7) is 4.83. The standard InChI is InChI=1S/C20H21Cl2N3O/c21-16-6-4-14(12-17(16)22)13-24-8-10-25(11-9-24)19-3-1-2-18-15(19)5-7-20(26)23-18/h1-4,6,12H,5,7-11,13H2,(H,23,26). The number of nitrogens with zero attached hydrogens (tertiary/aromatic N) is 2. The lowest BCUT2D eigenvalue weighted by Gasteiger charge is -2.38. The van der Waals surface area contributed by atoms with Crippen LogP contribution < -0.4 is 10.2 Å². The van der Waals surface area contributed by atoms with Crippen LogP contribution in [0.4, 0.5) is 11.4 Å². The van der Waals surface area contributed by atoms with Crippen LogP contribution in [0.3, 0.4) is 0 Å². The third-order valence-electron chi connectivity index (χ3n) is 5.13. The summed E-state index contributed by atoms with van der Waals surface area (Å²) in [6, 6.07) is 12.0. The van der Waals surface area contributed by atoms with E-state index >= 15 is 0 Å². The van der Waals surface area contributed by atoms with Gasteiger partial charge in [-0.3, -0.25) is 9.69 Å². The summed E-state index contributed by atoms with van der Waals surface area (Å²) in [7, 11) is 0. The second-order valence-corrected chi connectivity index (χ2v) is 7.68. The van der Waals surface area contributed by atoms with Crippen molar-refractivity contribution in [1.29, 1.82) is 0 Å². The second-order valence-electron chi connectivity index (χ2n) is 6.86. The molecule has 2 aromatic carbocycles. The van der Waals surface area contributed by atoms with Crippen LogP contribution in [0.25, 0.3) is 0 Å². The predicted octanol–water partition coefficient (Wildman–Crippen LogP) is 4.20. The molecule has 4 nitrogen and oxygen atoms in total. The lowest BCUT2D eigenvalue weighted by molar-refractivity contribution is -0.116. The van der Waals surface area contributed by atoms with Gasteiger partial charge in [0.1, 0.15) is 0 Å². The van der Waals surface area contributed by atoms with Gasteiger partial charge in [0.15, 0.2) is 0 Å². The van der Waals surface area contributed by atoms with Crippen LogP contribution in [-0.2, 0) is 17.8 Å². The highest BCUT2D eigenvalue weighted by atomic mass is 35.5. The Balaban J connectivity index is 1.42. The van der Waals surface area contributed by atoms with E-state index in [4.69, 9.17) is 23.2 Å². The normalized spacial score (nSPS) is 17.8. The summed E-state index contributed by atoms with van der Waals surface area (Å²) in [5.41, 5.74) is 4.69. The maximum atomic E-state index is 11.6. The first-order valence-electron chi connectivity index (χ1n) is 8.93. The van der Waals surface area contributed by atoms with Gasteiger partial charge < -0.3 is 10.2 Å². The largest absolute Gasteiger partial charge is 0.369 e. The molecule has 0 aromatic heterocycles. The van der Waals surface area contributed by atoms with Crippen LogP contribution in [0.5, 0.6) is 0 Å². The van der Waals surface area contributed by atoms with E-state index in [2.05, 4.69) is 21.2 Å². The van der Waals surface area contributed by atoms with E-state index in [1.165, 1.54) is 16.8 Å². The van der Waals surface area contributed by atoms with Gasteiger partial charge in [-0.25, -0.2) is 0 Å². The lowest BCUT2D eigenvalue weighted by Crippen LogP contribution is -2.46. The number of nitrogens with one attached hydrogen (secondary N) is 1. The van der Waals surface area contributed by atoms with Gasteiger partial charge in [-0.2, -0.15) is 0 Å². The minimum absolute atomic E-state index is 0.112. The zero-order valence-electron chi connectivity index (χ0n) is 14.5. The van der Waals surface area contributed by atoms with Gasteiger partial charge in [0, 0.05) is 50.5 Å². The maximum Gasteiger partial charge on any atom is 0.224 e. The minimum atomic E-state index is 0.112. The summed E-state index contributed by atoms with van der Waals surface area (Å²) in [4.78, 5) is 16.5. The van der Waals surface area contributed by atoms with E-state index in [1.54, 1.807) is 0 Å². The molecule has 2 aromatic rings. The molecule has 0 saturated carbocycles. The highest BCUT2D eigenvalue weighted by Gasteiger charge is 2.23. The highest BCUT2D eigenvalue weighted by Crippen LogP contribution is 2.32. The molecule has 2 aliphatic heterocycles. The molecule has 1 saturated heterocycles. The Morgan fingerprint density at radius 1 is 0.962 bits per heavy atom. The van der Waals surface area contributed by atoms with Crippen molar-refractivity contribution in [2.75, 3.05) is 36.4 Å². The molecule has 2 heterocycles. The molecule has 0 unspecified atom stereocenters. The van der Waals surface area contributed by atoms with Gasteiger partial charge in [0.25, 0.3) is 0 Å². The molecule has 0 bridgehead atoms. The van der Waals surface area contributed by atoms with Gasteiger partial charge >= 0.3 is 0 Å². The third-order valence-corrected chi connectivity index (χ3v) is 5.87. The Bertz CT molecular complexity index is 832. The van der Waals surface area contributed by atoms with Gasteiger partial charge in [0.05, 0.1) is 10.0 Å². The van der Waals surface area contributed by atoms with Crippen molar-refractivity contribution < 1.29 is 4.79 Å². The average molecular weight is 390 g/mol. The van der Waals surface area contributed by atoms with Crippen molar-refractivity contribution in [3.05, 3.63) is 57.6 Å². The number of carbonyl (C=O) groups excluding carboxylic acids is 1. The topological polar surface area (TPSA) is 35.6 Å². The van der Waals surface area contributed by atoms with Crippen molar-refractivity contribution in [2.24, 2.45) is 0 Å². The number of carbonyl (C=O) groups is 1. The van der Waals surface area contributed by atoms with E-state index in [0.29, 0.717) is 16.5 Å². The number of hydrogen-bond acceptors (Lipinski definition) is 3. The summed E-state index contributed by atoms with van der Waals surface area (Å²) in [5.74, 6) is 0.112. The fraction of sp³-hybridized carbons (Fsp3) is 0.350. The monoisotopic (exact) mass is 389 g/mol. The maximum absolute atomic E-state index is 11.6. The van der Waals surface area contributed by atoms with E-state index in [9.17, 15) is 4.79 Å². The van der Waals surface area contributed by atoms with E-state index in [0.717, 1.165) is 44.8 Å². The predicted molar refractivity (Wildman–Crippen MR) is 107 cm³/mol. The van der Waals surface area contributed by atoms with Gasteiger partial charge in [-0.05, 0) is 41.8 Å². The zero-order valence-corrected chi connectivity index (χ0v) is 16.0. The molecular formula is C20H21Cl2N3O. The van der Waals surface area contributed by atoms with Crippen molar-refractivity contribution >= 4 is 40.5 Å². The number of piperazine rings is 1. The highest BCUT2D eigenvalue weighted by molar-refractivity contribution is 6.42. The Hall–Kier alpha value is -1.75. The Kier molecular flexibility index (Phi) is 5.07. The molecule has 4 rings (SSSR count). The fourth-order valence-electron chi connectivity index (χ4n) is 3.75. The molecule has 0 radical (unpaired) electrons. The first kappa shape index (κ1) is 17.7. The van der Waals surface area contributed by atoms with E-state index < -0.39 is 0 Å². The number of fused-ring (bicyclic) bond motifs is 1. The van der Waals surface area contributed by atoms with Gasteiger partial charge in [0.2, 0.25) is 5.91 Å². The number of halogens is 2. The van der Waals surface area contributed by atoms with Crippen LogP contribution in [-0.4, -0.2) is 37.0 Å². The Morgan fingerprint density at radius 3 is 2.54 bits per heavy atom. The molecule has 2 aliphatic rings. The number of benzene rings is 2. The average Bonchev–Trinajstić information content (AvgIpc) is 2.65. The smallest absolute Gasteiger partial charge is 0.224 e. The molecular weight excluding hydrogens is 369 g/mol. The Morgan fingerprint density at radius 2 is 1.77 bits per heavy atom. The van der Waals surface area contributed by atoms with E-state index in [1.807, 2.05) is 30.3 Å². The molecule has 0 spiro atoms. The number of amides is 1. The quantitative estimate of drug-likeness (QED) is 0.853. The van der Waals surface area contributed by atoms with Crippen molar-refractivity contribution in [3.8, 4) is 0 Å². The number of hydrogen-bond donors (Lipinski definition) is 1. The second kappa shape index (κ2) is 7.47. The summed E-state index contributed by atoms with van der Waals surface area (Å²) >= 11 is 12.1. The molecule has 136 valence electrons. The molecule has 26 heavy (non-hydrogen) atoms. The van der Waals surface area contributed by atoms with Crippen LogP contribution in [0.15, 0.2) is 36.4 Å². The number of anilines is 2. The minimum Gasteiger partial charge on any atom is -0.369 e. The molecule has 6 heteroatoms. The molecule has 1 amide bonds. The first-order chi connectivity index (χ1) is 12.6. The summed E-state index contributed by atoms with van der Waals surface area (Å²) in [6.07, 6.45) is 1.39. The summed E-state index contributed by atoms with van der Waals surface area (Å²) < 4.78 is 0. The van der Waals surface area contributed by atoms with Crippen LogP contribution in [0, 0.1) is 0 Å². The van der Waals surface area contributed by atoms with Gasteiger partial charge in [-0.1, -0.05) is 35.3 Å². The van der Waals surface area contributed by atoms with Gasteiger partial charge in [-0.15, -0.1) is 0 Å². The van der Waals surface area contributed by atoms with Crippen molar-refractivity contribution in [2.45, 2.75) is 19.4 Å². The van der Waals surface area contributed by atoms with Crippen LogP contribution in [0.1, 0.15) is 17.5 Å². The molecule has 0 atom stereocenters. The molecule has 0 aliphatic carbocycles. The number of rotatable bonds is 3. The zero-order chi connectivity index (χ0) is 18.1. The van der Waals surface area contributed by atoms with Crippen molar-refractivity contribution in [3.63, 3.8) is 0 Å². The third kappa shape index (κ3) is 3.68. The van der Waals surface area contributed by atoms with E-state index in [-0.39, 0.29) is 5.91 Å². The SMILES string of the molecule is O=C1CCc2c(cccc2N2CCN(Cc3ccc(Cl)c(Cl)c3)CC2)N1. The lowest BCUT2D eigenvalue weighted by atomic mass is 10.00. The van der Waals surface area contributed by atoms with Crippen LogP contribution >= 0.6 is 23.2 Å². The summed E-state index contributed by atoms with van der Waals surface area (Å²) in [5, 5.41) is 4.20. The molecule has 1 fully saturated rings. The first-order valence-corrected chi connectivity index (χ1v) is 9.69. The Labute approximate surface area is 163 Å². The van der Waals surface area contributed by atoms with Crippen molar-refractivity contribution in [1.82, 2.24) is 4.90 Å².